The molecule has 1 aromatic carbocycles. The molecule has 0 radical (unpaired) electrons. The molecule has 1 saturated heterocycles. The fourth-order valence-corrected chi connectivity index (χ4v) is 3.73. The third-order valence-corrected chi connectivity index (χ3v) is 4.94. The number of benzene rings is 1. The molecular weight excluding hydrogens is 314 g/mol. The van der Waals surface area contributed by atoms with E-state index in [1.165, 1.54) is 12.0 Å². The zero-order chi connectivity index (χ0) is 17.2. The fraction of sp³-hybridized carbons (Fsp3) is 0.350. The van der Waals surface area contributed by atoms with Gasteiger partial charge in [0.05, 0.1) is 19.9 Å². The first-order chi connectivity index (χ1) is 12.3. The molecule has 2 aromatic heterocycles. The third kappa shape index (κ3) is 3.07. The maximum absolute atomic E-state index is 5.62. The Morgan fingerprint density at radius 2 is 2.08 bits per heavy atom. The molecule has 25 heavy (non-hydrogen) atoms. The van der Waals surface area contributed by atoms with Crippen LogP contribution in [-0.4, -0.2) is 35.0 Å². The van der Waals surface area contributed by atoms with Gasteiger partial charge in [0, 0.05) is 36.6 Å². The van der Waals surface area contributed by atoms with Crippen molar-refractivity contribution >= 4 is 5.65 Å². The lowest BCUT2D eigenvalue weighted by molar-refractivity contribution is 0.240. The van der Waals surface area contributed by atoms with Crippen molar-refractivity contribution in [3.8, 4) is 11.5 Å². The number of fused-ring (bicyclic) bond motifs is 1. The van der Waals surface area contributed by atoms with Gasteiger partial charge in [-0.3, -0.25) is 4.90 Å². The number of likely N-dealkylation sites (tertiary alicyclic amines) is 1. The van der Waals surface area contributed by atoms with Gasteiger partial charge in [-0.2, -0.15) is 0 Å². The van der Waals surface area contributed by atoms with E-state index in [9.17, 15) is 0 Å². The lowest BCUT2D eigenvalue weighted by atomic mass is 10.0. The smallest absolute Gasteiger partial charge is 0.137 e. The van der Waals surface area contributed by atoms with Crippen LogP contribution in [0, 0.1) is 0 Å². The maximum atomic E-state index is 5.62. The first kappa shape index (κ1) is 16.0. The van der Waals surface area contributed by atoms with Crippen molar-refractivity contribution in [2.45, 2.75) is 25.4 Å². The van der Waals surface area contributed by atoms with Crippen LogP contribution in [0.5, 0.6) is 11.5 Å². The minimum absolute atomic E-state index is 0.352. The predicted molar refractivity (Wildman–Crippen MR) is 97.1 cm³/mol. The summed E-state index contributed by atoms with van der Waals surface area (Å²) < 4.78 is 13.0. The van der Waals surface area contributed by atoms with Crippen molar-refractivity contribution in [3.63, 3.8) is 0 Å². The minimum atomic E-state index is 0.352. The number of aromatic nitrogens is 2. The second kappa shape index (κ2) is 6.76. The van der Waals surface area contributed by atoms with Gasteiger partial charge in [-0.25, -0.2) is 4.98 Å². The van der Waals surface area contributed by atoms with Crippen LogP contribution in [-0.2, 0) is 6.54 Å². The van der Waals surface area contributed by atoms with Crippen LogP contribution in [0.4, 0.5) is 0 Å². The Balaban J connectivity index is 1.60. The van der Waals surface area contributed by atoms with E-state index in [0.717, 1.165) is 42.4 Å². The zero-order valence-corrected chi connectivity index (χ0v) is 14.7. The Hall–Kier alpha value is -2.53. The molecule has 0 spiro atoms. The molecule has 1 aliphatic rings. The van der Waals surface area contributed by atoms with Gasteiger partial charge in [0.15, 0.2) is 0 Å². The summed E-state index contributed by atoms with van der Waals surface area (Å²) in [4.78, 5) is 7.24. The number of pyridine rings is 1. The highest BCUT2D eigenvalue weighted by Gasteiger charge is 2.29. The second-order valence-electron chi connectivity index (χ2n) is 6.43. The molecule has 1 unspecified atom stereocenters. The quantitative estimate of drug-likeness (QED) is 0.712. The van der Waals surface area contributed by atoms with Gasteiger partial charge in [-0.05, 0) is 37.6 Å². The zero-order valence-electron chi connectivity index (χ0n) is 14.7. The van der Waals surface area contributed by atoms with E-state index < -0.39 is 0 Å². The summed E-state index contributed by atoms with van der Waals surface area (Å²) >= 11 is 0. The Bertz CT molecular complexity index is 841. The average Bonchev–Trinajstić information content (AvgIpc) is 3.27. The third-order valence-electron chi connectivity index (χ3n) is 4.94. The summed E-state index contributed by atoms with van der Waals surface area (Å²) in [6, 6.07) is 12.6. The number of methoxy groups -OCH3 is 2. The summed E-state index contributed by atoms with van der Waals surface area (Å²) in [6.07, 6.45) is 6.49. The van der Waals surface area contributed by atoms with Crippen molar-refractivity contribution in [3.05, 3.63) is 60.0 Å². The minimum Gasteiger partial charge on any atom is -0.497 e. The molecule has 3 aromatic rings. The summed E-state index contributed by atoms with van der Waals surface area (Å²) in [6.45, 7) is 1.93. The molecule has 5 nitrogen and oxygen atoms in total. The van der Waals surface area contributed by atoms with Gasteiger partial charge in [0.1, 0.15) is 17.1 Å². The van der Waals surface area contributed by atoms with Crippen LogP contribution in [0.15, 0.2) is 48.8 Å². The van der Waals surface area contributed by atoms with Crippen LogP contribution in [0.1, 0.15) is 30.1 Å². The molecule has 5 heteroatoms. The average molecular weight is 337 g/mol. The molecule has 0 saturated carbocycles. The van der Waals surface area contributed by atoms with E-state index in [0.29, 0.717) is 6.04 Å². The van der Waals surface area contributed by atoms with Crippen LogP contribution in [0.3, 0.4) is 0 Å². The van der Waals surface area contributed by atoms with Crippen molar-refractivity contribution in [2.24, 2.45) is 0 Å². The largest absolute Gasteiger partial charge is 0.497 e. The molecule has 3 heterocycles. The monoisotopic (exact) mass is 337 g/mol. The molecule has 0 amide bonds. The summed E-state index contributed by atoms with van der Waals surface area (Å²) in [5, 5.41) is 0. The second-order valence-corrected chi connectivity index (χ2v) is 6.43. The summed E-state index contributed by atoms with van der Waals surface area (Å²) in [5.74, 6) is 1.72. The Kier molecular flexibility index (Phi) is 4.32. The molecule has 130 valence electrons. The standard InChI is InChI=1S/C20H23N3O2/c1-24-16-8-9-17(19(12-16)25-2)18-6-5-11-22(18)13-15-14-23-10-4-3-7-20(23)21-15/h3-4,7-10,12,14,18H,5-6,11,13H2,1-2H3. The number of ether oxygens (including phenoxy) is 2. The summed E-state index contributed by atoms with van der Waals surface area (Å²) in [7, 11) is 3.40. The first-order valence-corrected chi connectivity index (χ1v) is 8.67. The van der Waals surface area contributed by atoms with Gasteiger partial charge < -0.3 is 13.9 Å². The number of rotatable bonds is 5. The van der Waals surface area contributed by atoms with E-state index in [2.05, 4.69) is 21.6 Å². The normalized spacial score (nSPS) is 17.9. The Morgan fingerprint density at radius 3 is 2.88 bits per heavy atom. The lowest BCUT2D eigenvalue weighted by Crippen LogP contribution is -2.23. The fourth-order valence-electron chi connectivity index (χ4n) is 3.73. The van der Waals surface area contributed by atoms with Crippen LogP contribution in [0.25, 0.3) is 5.65 Å². The predicted octanol–water partition coefficient (Wildman–Crippen LogP) is 3.69. The maximum Gasteiger partial charge on any atom is 0.137 e. The number of hydrogen-bond acceptors (Lipinski definition) is 4. The Morgan fingerprint density at radius 1 is 1.16 bits per heavy atom. The van der Waals surface area contributed by atoms with Gasteiger partial charge in [0.2, 0.25) is 0 Å². The summed E-state index contributed by atoms with van der Waals surface area (Å²) in [5.41, 5.74) is 3.32. The molecule has 1 fully saturated rings. The van der Waals surface area contributed by atoms with Gasteiger partial charge in [-0.15, -0.1) is 0 Å². The van der Waals surface area contributed by atoms with E-state index in [-0.39, 0.29) is 0 Å². The van der Waals surface area contributed by atoms with Gasteiger partial charge in [-0.1, -0.05) is 12.1 Å². The Labute approximate surface area is 147 Å². The molecule has 1 atom stereocenters. The molecule has 4 rings (SSSR count). The molecule has 0 bridgehead atoms. The molecular formula is C20H23N3O2. The topological polar surface area (TPSA) is 39.0 Å². The van der Waals surface area contributed by atoms with Crippen molar-refractivity contribution in [2.75, 3.05) is 20.8 Å². The highest BCUT2D eigenvalue weighted by Crippen LogP contribution is 2.39. The number of nitrogens with zero attached hydrogens (tertiary/aromatic N) is 3. The molecule has 0 aliphatic carbocycles. The van der Waals surface area contributed by atoms with Crippen LogP contribution < -0.4 is 9.47 Å². The lowest BCUT2D eigenvalue weighted by Gasteiger charge is -2.25. The SMILES string of the molecule is COc1ccc(C2CCCN2Cc2cn3ccccc3n2)c(OC)c1. The first-order valence-electron chi connectivity index (χ1n) is 8.67. The van der Waals surface area contributed by atoms with Crippen molar-refractivity contribution in [1.29, 1.82) is 0 Å². The van der Waals surface area contributed by atoms with Crippen molar-refractivity contribution in [1.82, 2.24) is 14.3 Å². The molecule has 1 aliphatic heterocycles. The highest BCUT2D eigenvalue weighted by molar-refractivity contribution is 5.43. The number of imidazole rings is 1. The number of hydrogen-bond donors (Lipinski definition) is 0. The van der Waals surface area contributed by atoms with Gasteiger partial charge >= 0.3 is 0 Å². The van der Waals surface area contributed by atoms with Crippen molar-refractivity contribution < 1.29 is 9.47 Å². The highest BCUT2D eigenvalue weighted by atomic mass is 16.5. The van der Waals surface area contributed by atoms with E-state index in [4.69, 9.17) is 14.5 Å². The van der Waals surface area contributed by atoms with E-state index in [1.807, 2.05) is 36.5 Å². The van der Waals surface area contributed by atoms with E-state index in [1.54, 1.807) is 14.2 Å². The molecule has 0 N–H and O–H groups in total. The van der Waals surface area contributed by atoms with E-state index >= 15 is 0 Å². The van der Waals surface area contributed by atoms with Gasteiger partial charge in [0.25, 0.3) is 0 Å². The van der Waals surface area contributed by atoms with Crippen LogP contribution in [0.2, 0.25) is 0 Å². The van der Waals surface area contributed by atoms with Crippen LogP contribution >= 0.6 is 0 Å².